The van der Waals surface area contributed by atoms with Gasteiger partial charge < -0.3 is 10.6 Å². The minimum absolute atomic E-state index is 0.0274. The second-order valence-electron chi connectivity index (χ2n) is 6.18. The standard InChI is InChI=1S/C16H24N4O/c1-4-8-19(12-16(2,3)11-17)15(21)13-10-18-20-9-6-5-7-14(13)20/h5-7,9-10H,4,8,11-12,17H2,1-3H3. The van der Waals surface area contributed by atoms with Crippen molar-refractivity contribution in [3.05, 3.63) is 36.2 Å². The molecule has 0 spiro atoms. The molecule has 21 heavy (non-hydrogen) atoms. The zero-order valence-corrected chi connectivity index (χ0v) is 13.0. The number of rotatable bonds is 6. The number of amides is 1. The van der Waals surface area contributed by atoms with Crippen molar-refractivity contribution in [1.82, 2.24) is 14.5 Å². The molecule has 0 saturated heterocycles. The molecule has 2 heterocycles. The van der Waals surface area contributed by atoms with Crippen LogP contribution in [0.25, 0.3) is 5.52 Å². The molecule has 0 fully saturated rings. The van der Waals surface area contributed by atoms with Crippen LogP contribution in [-0.4, -0.2) is 40.1 Å². The van der Waals surface area contributed by atoms with Crippen molar-refractivity contribution in [2.24, 2.45) is 11.1 Å². The maximum atomic E-state index is 12.8. The molecule has 0 atom stereocenters. The van der Waals surface area contributed by atoms with Gasteiger partial charge in [-0.3, -0.25) is 4.79 Å². The molecule has 2 aromatic rings. The van der Waals surface area contributed by atoms with Crippen molar-refractivity contribution in [2.75, 3.05) is 19.6 Å². The fraction of sp³-hybridized carbons (Fsp3) is 0.500. The highest BCUT2D eigenvalue weighted by Gasteiger charge is 2.25. The molecule has 2 N–H and O–H groups in total. The summed E-state index contributed by atoms with van der Waals surface area (Å²) in [7, 11) is 0. The number of pyridine rings is 1. The largest absolute Gasteiger partial charge is 0.338 e. The van der Waals surface area contributed by atoms with Crippen LogP contribution in [0.2, 0.25) is 0 Å². The van der Waals surface area contributed by atoms with E-state index in [0.29, 0.717) is 18.7 Å². The van der Waals surface area contributed by atoms with E-state index in [1.54, 1.807) is 10.7 Å². The van der Waals surface area contributed by atoms with Gasteiger partial charge in [-0.05, 0) is 30.5 Å². The summed E-state index contributed by atoms with van der Waals surface area (Å²) in [5.41, 5.74) is 7.21. The fourth-order valence-corrected chi connectivity index (χ4v) is 2.37. The van der Waals surface area contributed by atoms with Crippen LogP contribution in [0.4, 0.5) is 0 Å². The Hall–Kier alpha value is -1.88. The summed E-state index contributed by atoms with van der Waals surface area (Å²) in [4.78, 5) is 14.7. The summed E-state index contributed by atoms with van der Waals surface area (Å²) < 4.78 is 1.73. The van der Waals surface area contributed by atoms with E-state index < -0.39 is 0 Å². The number of carbonyl (C=O) groups is 1. The van der Waals surface area contributed by atoms with Crippen LogP contribution in [0.3, 0.4) is 0 Å². The molecule has 0 aliphatic heterocycles. The van der Waals surface area contributed by atoms with Gasteiger partial charge >= 0.3 is 0 Å². The number of aromatic nitrogens is 2. The van der Waals surface area contributed by atoms with Crippen LogP contribution in [0.5, 0.6) is 0 Å². The van der Waals surface area contributed by atoms with Gasteiger partial charge in [0.05, 0.1) is 17.3 Å². The zero-order chi connectivity index (χ0) is 15.5. The highest BCUT2D eigenvalue weighted by molar-refractivity contribution is 6.00. The molecule has 114 valence electrons. The Morgan fingerprint density at radius 2 is 2.19 bits per heavy atom. The van der Waals surface area contributed by atoms with Crippen molar-refractivity contribution in [2.45, 2.75) is 27.2 Å². The average molecular weight is 288 g/mol. The van der Waals surface area contributed by atoms with E-state index in [9.17, 15) is 4.79 Å². The first-order chi connectivity index (χ1) is 9.98. The molecule has 5 nitrogen and oxygen atoms in total. The topological polar surface area (TPSA) is 63.6 Å². The number of carbonyl (C=O) groups excluding carboxylic acids is 1. The van der Waals surface area contributed by atoms with Crippen LogP contribution >= 0.6 is 0 Å². The zero-order valence-electron chi connectivity index (χ0n) is 13.0. The maximum absolute atomic E-state index is 12.8. The second-order valence-corrected chi connectivity index (χ2v) is 6.18. The summed E-state index contributed by atoms with van der Waals surface area (Å²) in [5, 5.41) is 4.24. The van der Waals surface area contributed by atoms with Gasteiger partial charge in [0.25, 0.3) is 5.91 Å². The van der Waals surface area contributed by atoms with Crippen molar-refractivity contribution < 1.29 is 4.79 Å². The molecule has 2 aromatic heterocycles. The SMILES string of the molecule is CCCN(CC(C)(C)CN)C(=O)c1cnn2ccccc12. The number of nitrogens with zero attached hydrogens (tertiary/aromatic N) is 3. The van der Waals surface area contributed by atoms with Crippen molar-refractivity contribution in [3.63, 3.8) is 0 Å². The molecule has 5 heteroatoms. The second kappa shape index (κ2) is 6.26. The predicted octanol–water partition coefficient (Wildman–Crippen LogP) is 2.17. The summed E-state index contributed by atoms with van der Waals surface area (Å²) in [5.74, 6) is 0.0274. The summed E-state index contributed by atoms with van der Waals surface area (Å²) in [6.07, 6.45) is 4.42. The minimum Gasteiger partial charge on any atom is -0.338 e. The molecule has 0 bridgehead atoms. The number of hydrogen-bond donors (Lipinski definition) is 1. The lowest BCUT2D eigenvalue weighted by Gasteiger charge is -2.31. The molecule has 0 saturated carbocycles. The Kier molecular flexibility index (Phi) is 4.63. The molecule has 0 radical (unpaired) electrons. The minimum atomic E-state index is -0.0895. The van der Waals surface area contributed by atoms with Crippen molar-refractivity contribution in [1.29, 1.82) is 0 Å². The van der Waals surface area contributed by atoms with Gasteiger partial charge in [0.1, 0.15) is 0 Å². The summed E-state index contributed by atoms with van der Waals surface area (Å²) in [6, 6.07) is 5.73. The Labute approximate surface area is 125 Å². The lowest BCUT2D eigenvalue weighted by molar-refractivity contribution is 0.0691. The van der Waals surface area contributed by atoms with E-state index in [1.165, 1.54) is 0 Å². The van der Waals surface area contributed by atoms with E-state index in [0.717, 1.165) is 18.5 Å². The van der Waals surface area contributed by atoms with Crippen LogP contribution in [0, 0.1) is 5.41 Å². The first-order valence-corrected chi connectivity index (χ1v) is 7.40. The van der Waals surface area contributed by atoms with Crippen molar-refractivity contribution >= 4 is 11.4 Å². The summed E-state index contributed by atoms with van der Waals surface area (Å²) in [6.45, 7) is 8.17. The Bertz CT molecular complexity index is 618. The van der Waals surface area contributed by atoms with Crippen LogP contribution in [0.15, 0.2) is 30.6 Å². The molecule has 2 rings (SSSR count). The average Bonchev–Trinajstić information content (AvgIpc) is 2.90. The summed E-state index contributed by atoms with van der Waals surface area (Å²) >= 11 is 0. The third kappa shape index (κ3) is 3.42. The third-order valence-electron chi connectivity index (χ3n) is 3.61. The number of nitrogens with two attached hydrogens (primary N) is 1. The molecule has 0 aliphatic carbocycles. The maximum Gasteiger partial charge on any atom is 0.257 e. The van der Waals surface area contributed by atoms with Gasteiger partial charge in [0.2, 0.25) is 0 Å². The molecule has 0 unspecified atom stereocenters. The first kappa shape index (κ1) is 15.5. The van der Waals surface area contributed by atoms with E-state index in [2.05, 4.69) is 25.9 Å². The van der Waals surface area contributed by atoms with Crippen molar-refractivity contribution in [3.8, 4) is 0 Å². The molecular formula is C16H24N4O. The number of fused-ring (bicyclic) bond motifs is 1. The van der Waals surface area contributed by atoms with Crippen LogP contribution in [0.1, 0.15) is 37.6 Å². The highest BCUT2D eigenvalue weighted by Crippen LogP contribution is 2.19. The number of hydrogen-bond acceptors (Lipinski definition) is 3. The quantitative estimate of drug-likeness (QED) is 0.886. The van der Waals surface area contributed by atoms with Gasteiger partial charge in [0.15, 0.2) is 0 Å². The first-order valence-electron chi connectivity index (χ1n) is 7.40. The van der Waals surface area contributed by atoms with Gasteiger partial charge in [-0.25, -0.2) is 4.52 Å². The smallest absolute Gasteiger partial charge is 0.257 e. The lowest BCUT2D eigenvalue weighted by atomic mass is 9.92. The monoisotopic (exact) mass is 288 g/mol. The van der Waals surface area contributed by atoms with Crippen LogP contribution in [-0.2, 0) is 0 Å². The lowest BCUT2D eigenvalue weighted by Crippen LogP contribution is -2.42. The highest BCUT2D eigenvalue weighted by atomic mass is 16.2. The van der Waals surface area contributed by atoms with E-state index >= 15 is 0 Å². The van der Waals surface area contributed by atoms with Gasteiger partial charge in [-0.15, -0.1) is 0 Å². The van der Waals surface area contributed by atoms with Gasteiger partial charge in [-0.1, -0.05) is 26.8 Å². The molecular weight excluding hydrogens is 264 g/mol. The van der Waals surface area contributed by atoms with Gasteiger partial charge in [0, 0.05) is 19.3 Å². The Morgan fingerprint density at radius 1 is 1.43 bits per heavy atom. The van der Waals surface area contributed by atoms with E-state index in [-0.39, 0.29) is 11.3 Å². The normalized spacial score (nSPS) is 11.8. The van der Waals surface area contributed by atoms with Gasteiger partial charge in [-0.2, -0.15) is 5.10 Å². The van der Waals surface area contributed by atoms with E-state index in [1.807, 2.05) is 29.3 Å². The Morgan fingerprint density at radius 3 is 2.86 bits per heavy atom. The molecule has 0 aliphatic rings. The fourth-order valence-electron chi connectivity index (χ4n) is 2.37. The molecule has 0 aromatic carbocycles. The van der Waals surface area contributed by atoms with E-state index in [4.69, 9.17) is 5.73 Å². The predicted molar refractivity (Wildman–Crippen MR) is 84.2 cm³/mol. The third-order valence-corrected chi connectivity index (χ3v) is 3.61. The Balaban J connectivity index is 2.30. The molecule has 1 amide bonds. The van der Waals surface area contributed by atoms with Crippen LogP contribution < -0.4 is 5.73 Å².